The molecular formula is C12H8F5NO. The number of hydrogen-bond donors (Lipinski definition) is 0. The van der Waals surface area contributed by atoms with Crippen molar-refractivity contribution < 1.29 is 26.7 Å². The zero-order valence-electron chi connectivity index (χ0n) is 9.74. The number of halogens is 5. The Morgan fingerprint density at radius 2 is 1.47 bits per heavy atom. The van der Waals surface area contributed by atoms with Crippen LogP contribution in [0.2, 0.25) is 0 Å². The van der Waals surface area contributed by atoms with E-state index >= 15 is 0 Å². The van der Waals surface area contributed by atoms with Crippen LogP contribution in [0.3, 0.4) is 0 Å². The van der Waals surface area contributed by atoms with Gasteiger partial charge in [-0.2, -0.15) is 0 Å². The molecule has 19 heavy (non-hydrogen) atoms. The minimum Gasteiger partial charge on any atom is -0.328 e. The molecule has 0 atom stereocenters. The van der Waals surface area contributed by atoms with Crippen molar-refractivity contribution in [3.63, 3.8) is 0 Å². The Morgan fingerprint density at radius 1 is 1.05 bits per heavy atom. The average Bonchev–Trinajstić information content (AvgIpc) is 2.40. The lowest BCUT2D eigenvalue weighted by atomic mass is 10.1. The summed E-state index contributed by atoms with van der Waals surface area (Å²) >= 11 is 0. The molecule has 0 aromatic heterocycles. The standard InChI is InChI=1S/C12H8F5NO/c1-3-5-18(4-2)12(19)6-7(13)9(15)11(17)10(16)8(6)14/h1H,4-5H2,2H3. The van der Waals surface area contributed by atoms with Crippen molar-refractivity contribution in [1.29, 1.82) is 0 Å². The van der Waals surface area contributed by atoms with Crippen LogP contribution in [-0.4, -0.2) is 23.9 Å². The van der Waals surface area contributed by atoms with Gasteiger partial charge in [0.05, 0.1) is 6.54 Å². The third-order valence-corrected chi connectivity index (χ3v) is 2.37. The average molecular weight is 277 g/mol. The van der Waals surface area contributed by atoms with Gasteiger partial charge in [-0.3, -0.25) is 4.79 Å². The molecular weight excluding hydrogens is 269 g/mol. The molecule has 1 rings (SSSR count). The number of terminal acetylenes is 1. The molecule has 0 aliphatic heterocycles. The van der Waals surface area contributed by atoms with Gasteiger partial charge in [-0.15, -0.1) is 6.42 Å². The summed E-state index contributed by atoms with van der Waals surface area (Å²) < 4.78 is 65.4. The molecule has 0 spiro atoms. The molecule has 1 amide bonds. The maximum absolute atomic E-state index is 13.4. The van der Waals surface area contributed by atoms with Gasteiger partial charge in [0.15, 0.2) is 23.3 Å². The zero-order valence-corrected chi connectivity index (χ0v) is 9.74. The van der Waals surface area contributed by atoms with Crippen LogP contribution in [0.5, 0.6) is 0 Å². The lowest BCUT2D eigenvalue weighted by molar-refractivity contribution is 0.0771. The monoisotopic (exact) mass is 277 g/mol. The minimum absolute atomic E-state index is 0.0392. The summed E-state index contributed by atoms with van der Waals surface area (Å²) in [4.78, 5) is 12.5. The van der Waals surface area contributed by atoms with Crippen molar-refractivity contribution in [3.05, 3.63) is 34.6 Å². The first-order valence-electron chi connectivity index (χ1n) is 5.10. The normalized spacial score (nSPS) is 10.2. The summed E-state index contributed by atoms with van der Waals surface area (Å²) in [5, 5.41) is 0. The number of hydrogen-bond acceptors (Lipinski definition) is 1. The van der Waals surface area contributed by atoms with Crippen LogP contribution in [0.15, 0.2) is 0 Å². The highest BCUT2D eigenvalue weighted by Crippen LogP contribution is 2.24. The highest BCUT2D eigenvalue weighted by Gasteiger charge is 2.31. The maximum Gasteiger partial charge on any atom is 0.260 e. The lowest BCUT2D eigenvalue weighted by Crippen LogP contribution is -2.33. The molecule has 0 saturated heterocycles. The van der Waals surface area contributed by atoms with Gasteiger partial charge >= 0.3 is 0 Å². The molecule has 102 valence electrons. The van der Waals surface area contributed by atoms with Gasteiger partial charge in [0, 0.05) is 6.54 Å². The molecule has 7 heteroatoms. The van der Waals surface area contributed by atoms with E-state index in [1.807, 2.05) is 5.92 Å². The van der Waals surface area contributed by atoms with Gasteiger partial charge < -0.3 is 4.90 Å². The molecule has 0 saturated carbocycles. The highest BCUT2D eigenvalue weighted by atomic mass is 19.2. The Bertz CT molecular complexity index is 535. The summed E-state index contributed by atoms with van der Waals surface area (Å²) in [5.74, 6) is -10.3. The fourth-order valence-electron chi connectivity index (χ4n) is 1.39. The van der Waals surface area contributed by atoms with Crippen molar-refractivity contribution in [2.45, 2.75) is 6.92 Å². The minimum atomic E-state index is -2.31. The molecule has 0 aliphatic carbocycles. The third-order valence-electron chi connectivity index (χ3n) is 2.37. The predicted molar refractivity (Wildman–Crippen MR) is 56.6 cm³/mol. The molecule has 0 bridgehead atoms. The lowest BCUT2D eigenvalue weighted by Gasteiger charge is -2.19. The smallest absolute Gasteiger partial charge is 0.260 e. The van der Waals surface area contributed by atoms with Crippen LogP contribution < -0.4 is 0 Å². The highest BCUT2D eigenvalue weighted by molar-refractivity contribution is 5.95. The zero-order chi connectivity index (χ0) is 14.7. The molecule has 1 aromatic carbocycles. The Balaban J connectivity index is 3.44. The molecule has 0 aliphatic rings. The summed E-state index contributed by atoms with van der Waals surface area (Å²) in [6.07, 6.45) is 4.94. The first kappa shape index (κ1) is 15.0. The number of nitrogens with zero attached hydrogens (tertiary/aromatic N) is 1. The van der Waals surface area contributed by atoms with Crippen LogP contribution in [-0.2, 0) is 0 Å². The van der Waals surface area contributed by atoms with E-state index in [1.54, 1.807) is 0 Å². The fraction of sp³-hybridized carbons (Fsp3) is 0.250. The van der Waals surface area contributed by atoms with E-state index in [0.29, 0.717) is 0 Å². The van der Waals surface area contributed by atoms with E-state index in [-0.39, 0.29) is 13.1 Å². The Kier molecular flexibility index (Phi) is 4.48. The van der Waals surface area contributed by atoms with Gasteiger partial charge in [-0.05, 0) is 6.92 Å². The molecule has 0 N–H and O–H groups in total. The largest absolute Gasteiger partial charge is 0.328 e. The van der Waals surface area contributed by atoms with Gasteiger partial charge in [-0.25, -0.2) is 22.0 Å². The first-order chi connectivity index (χ1) is 8.86. The second kappa shape index (κ2) is 5.69. The number of amides is 1. The first-order valence-corrected chi connectivity index (χ1v) is 5.10. The van der Waals surface area contributed by atoms with Crippen LogP contribution in [0.4, 0.5) is 22.0 Å². The number of carbonyl (C=O) groups excluding carboxylic acids is 1. The van der Waals surface area contributed by atoms with Gasteiger partial charge in [0.25, 0.3) is 5.91 Å². The number of rotatable bonds is 3. The molecule has 0 fully saturated rings. The Hall–Kier alpha value is -2.10. The Morgan fingerprint density at radius 3 is 1.84 bits per heavy atom. The van der Waals surface area contributed by atoms with Gasteiger partial charge in [0.2, 0.25) is 5.82 Å². The van der Waals surface area contributed by atoms with Gasteiger partial charge in [-0.1, -0.05) is 5.92 Å². The topological polar surface area (TPSA) is 20.3 Å². The van der Waals surface area contributed by atoms with E-state index in [0.717, 1.165) is 4.90 Å². The number of carbonyl (C=O) groups is 1. The second-order valence-electron chi connectivity index (χ2n) is 3.47. The van der Waals surface area contributed by atoms with Crippen LogP contribution in [0.25, 0.3) is 0 Å². The molecule has 2 nitrogen and oxygen atoms in total. The van der Waals surface area contributed by atoms with E-state index < -0.39 is 40.6 Å². The van der Waals surface area contributed by atoms with Crippen LogP contribution in [0, 0.1) is 41.4 Å². The fourth-order valence-corrected chi connectivity index (χ4v) is 1.39. The summed E-state index contributed by atoms with van der Waals surface area (Å²) in [7, 11) is 0. The number of benzene rings is 1. The van der Waals surface area contributed by atoms with E-state index in [9.17, 15) is 26.7 Å². The third kappa shape index (κ3) is 2.52. The van der Waals surface area contributed by atoms with E-state index in [2.05, 4.69) is 0 Å². The molecule has 0 unspecified atom stereocenters. The summed E-state index contributed by atoms with van der Waals surface area (Å²) in [5.41, 5.74) is -1.51. The van der Waals surface area contributed by atoms with Crippen molar-refractivity contribution in [2.24, 2.45) is 0 Å². The predicted octanol–water partition coefficient (Wildman–Crippen LogP) is 2.48. The summed E-state index contributed by atoms with van der Waals surface area (Å²) in [6, 6.07) is 0. The van der Waals surface area contributed by atoms with E-state index in [4.69, 9.17) is 6.42 Å². The maximum atomic E-state index is 13.4. The molecule has 0 heterocycles. The van der Waals surface area contributed by atoms with Crippen molar-refractivity contribution in [1.82, 2.24) is 4.90 Å². The van der Waals surface area contributed by atoms with E-state index in [1.165, 1.54) is 6.92 Å². The van der Waals surface area contributed by atoms with Crippen LogP contribution >= 0.6 is 0 Å². The molecule has 0 radical (unpaired) electrons. The van der Waals surface area contributed by atoms with Crippen molar-refractivity contribution >= 4 is 5.91 Å². The Labute approximate surface area is 105 Å². The van der Waals surface area contributed by atoms with Crippen molar-refractivity contribution in [3.8, 4) is 12.3 Å². The van der Waals surface area contributed by atoms with Crippen molar-refractivity contribution in [2.75, 3.05) is 13.1 Å². The second-order valence-corrected chi connectivity index (χ2v) is 3.47. The van der Waals surface area contributed by atoms with Gasteiger partial charge in [0.1, 0.15) is 5.56 Å². The van der Waals surface area contributed by atoms with Crippen LogP contribution in [0.1, 0.15) is 17.3 Å². The SMILES string of the molecule is C#CCN(CC)C(=O)c1c(F)c(F)c(F)c(F)c1F. The summed E-state index contributed by atoms with van der Waals surface area (Å²) in [6.45, 7) is 1.10. The quantitative estimate of drug-likeness (QED) is 0.360. The molecule has 1 aromatic rings.